The number of benzene rings is 2. The van der Waals surface area contributed by atoms with E-state index in [0.29, 0.717) is 12.0 Å². The van der Waals surface area contributed by atoms with E-state index in [1.165, 1.54) is 0 Å². The molecule has 1 aliphatic heterocycles. The van der Waals surface area contributed by atoms with E-state index in [1.807, 2.05) is 44.2 Å². The minimum Gasteiger partial charge on any atom is -0.315 e. The van der Waals surface area contributed by atoms with Gasteiger partial charge < -0.3 is 4.90 Å². The number of ketones is 1. The van der Waals surface area contributed by atoms with Crippen LogP contribution >= 0.6 is 0 Å². The third-order valence-corrected chi connectivity index (χ3v) is 4.27. The van der Waals surface area contributed by atoms with Crippen LogP contribution in [0.5, 0.6) is 0 Å². The monoisotopic (exact) mass is 279 g/mol. The second kappa shape index (κ2) is 4.85. The van der Waals surface area contributed by atoms with Gasteiger partial charge in [0.05, 0.1) is 6.42 Å². The van der Waals surface area contributed by atoms with Crippen molar-refractivity contribution in [1.82, 2.24) is 0 Å². The molecule has 0 unspecified atom stereocenters. The summed E-state index contributed by atoms with van der Waals surface area (Å²) in [6.07, 6.45) is 0.375. The maximum atomic E-state index is 12.7. The summed E-state index contributed by atoms with van der Waals surface area (Å²) in [6, 6.07) is 11.3. The smallest absolute Gasteiger partial charge is 0.231 e. The normalized spacial score (nSPS) is 13.5. The van der Waals surface area contributed by atoms with Crippen LogP contribution in [0.25, 0.3) is 0 Å². The zero-order valence-corrected chi connectivity index (χ0v) is 12.4. The fourth-order valence-corrected chi connectivity index (χ4v) is 2.76. The number of hydrogen-bond donors (Lipinski definition) is 0. The van der Waals surface area contributed by atoms with Gasteiger partial charge in [-0.05, 0) is 48.7 Å². The second-order valence-electron chi connectivity index (χ2n) is 5.55. The number of fused-ring (bicyclic) bond motifs is 1. The molecule has 0 bridgehead atoms. The van der Waals surface area contributed by atoms with Gasteiger partial charge in [0, 0.05) is 23.9 Å². The van der Waals surface area contributed by atoms with Gasteiger partial charge in [-0.15, -0.1) is 0 Å². The number of nitrogens with zero attached hydrogens (tertiary/aromatic N) is 1. The number of aryl methyl sites for hydroxylation is 1. The molecule has 21 heavy (non-hydrogen) atoms. The van der Waals surface area contributed by atoms with Crippen molar-refractivity contribution >= 4 is 17.4 Å². The molecular formula is C18H17NO2. The molecule has 1 heterocycles. The van der Waals surface area contributed by atoms with Crippen molar-refractivity contribution < 1.29 is 9.59 Å². The molecule has 0 aliphatic carbocycles. The summed E-state index contributed by atoms with van der Waals surface area (Å²) in [5.41, 5.74) is 5.32. The van der Waals surface area contributed by atoms with Crippen molar-refractivity contribution in [2.24, 2.45) is 0 Å². The molecule has 0 aromatic heterocycles. The van der Waals surface area contributed by atoms with Crippen molar-refractivity contribution in [3.63, 3.8) is 0 Å². The number of rotatable bonds is 2. The molecule has 1 aliphatic rings. The van der Waals surface area contributed by atoms with Crippen LogP contribution in [0.3, 0.4) is 0 Å². The average Bonchev–Trinajstić information content (AvgIpc) is 2.76. The quantitative estimate of drug-likeness (QED) is 0.792. The first-order chi connectivity index (χ1) is 9.99. The highest BCUT2D eigenvalue weighted by Crippen LogP contribution is 2.29. The Morgan fingerprint density at radius 1 is 1.14 bits per heavy atom. The average molecular weight is 279 g/mol. The molecule has 0 atom stereocenters. The van der Waals surface area contributed by atoms with E-state index in [4.69, 9.17) is 0 Å². The predicted octanol–water partition coefficient (Wildman–Crippen LogP) is 3.05. The van der Waals surface area contributed by atoms with Gasteiger partial charge in [-0.25, -0.2) is 0 Å². The third-order valence-electron chi connectivity index (χ3n) is 4.27. The highest BCUT2D eigenvalue weighted by molar-refractivity contribution is 6.11. The summed E-state index contributed by atoms with van der Waals surface area (Å²) >= 11 is 0. The minimum atomic E-state index is 0.0148. The first kappa shape index (κ1) is 13.6. The molecule has 3 heteroatoms. The van der Waals surface area contributed by atoms with E-state index < -0.39 is 0 Å². The van der Waals surface area contributed by atoms with Crippen molar-refractivity contribution in [3.05, 3.63) is 64.2 Å². The summed E-state index contributed by atoms with van der Waals surface area (Å²) in [7, 11) is 1.76. The molecule has 1 amide bonds. The molecule has 0 saturated heterocycles. The number of amides is 1. The van der Waals surface area contributed by atoms with E-state index >= 15 is 0 Å². The molecule has 2 aromatic rings. The number of likely N-dealkylation sites (N-methyl/N-ethyl adjacent to an activating group) is 1. The minimum absolute atomic E-state index is 0.0148. The molecule has 0 fully saturated rings. The number of carbonyl (C=O) groups is 2. The van der Waals surface area contributed by atoms with Gasteiger partial charge in [-0.1, -0.05) is 18.2 Å². The fraction of sp³-hybridized carbons (Fsp3) is 0.222. The molecule has 0 spiro atoms. The zero-order valence-electron chi connectivity index (χ0n) is 12.4. The van der Waals surface area contributed by atoms with E-state index in [1.54, 1.807) is 18.0 Å². The lowest BCUT2D eigenvalue weighted by Crippen LogP contribution is -2.20. The molecule has 3 rings (SSSR count). The highest BCUT2D eigenvalue weighted by Gasteiger charge is 2.25. The van der Waals surface area contributed by atoms with Crippen molar-refractivity contribution in [2.45, 2.75) is 20.3 Å². The Balaban J connectivity index is 2.02. The van der Waals surface area contributed by atoms with Gasteiger partial charge in [0.25, 0.3) is 0 Å². The largest absolute Gasteiger partial charge is 0.315 e. The van der Waals surface area contributed by atoms with Crippen LogP contribution in [0, 0.1) is 13.8 Å². The maximum Gasteiger partial charge on any atom is 0.231 e. The lowest BCUT2D eigenvalue weighted by Gasteiger charge is -2.11. The van der Waals surface area contributed by atoms with Crippen LogP contribution in [0.1, 0.15) is 32.6 Å². The highest BCUT2D eigenvalue weighted by atomic mass is 16.2. The summed E-state index contributed by atoms with van der Waals surface area (Å²) in [5, 5.41) is 0. The van der Waals surface area contributed by atoms with Crippen LogP contribution in [0.15, 0.2) is 36.4 Å². The van der Waals surface area contributed by atoms with Crippen LogP contribution in [-0.4, -0.2) is 18.7 Å². The Kier molecular flexibility index (Phi) is 3.13. The van der Waals surface area contributed by atoms with Gasteiger partial charge in [0.2, 0.25) is 5.91 Å². The molecule has 2 aromatic carbocycles. The van der Waals surface area contributed by atoms with E-state index in [9.17, 15) is 9.59 Å². The van der Waals surface area contributed by atoms with Crippen LogP contribution in [0.4, 0.5) is 5.69 Å². The Labute approximate surface area is 124 Å². The van der Waals surface area contributed by atoms with E-state index in [-0.39, 0.29) is 11.7 Å². The van der Waals surface area contributed by atoms with Gasteiger partial charge >= 0.3 is 0 Å². The lowest BCUT2D eigenvalue weighted by molar-refractivity contribution is -0.117. The Bertz CT molecular complexity index is 762. The van der Waals surface area contributed by atoms with Gasteiger partial charge in [0.1, 0.15) is 0 Å². The fourth-order valence-electron chi connectivity index (χ4n) is 2.76. The number of hydrogen-bond acceptors (Lipinski definition) is 2. The molecule has 0 saturated carbocycles. The van der Waals surface area contributed by atoms with Crippen molar-refractivity contribution in [1.29, 1.82) is 0 Å². The molecule has 106 valence electrons. The molecular weight excluding hydrogens is 262 g/mol. The standard InChI is InChI=1S/C18H17NO2/c1-11-5-4-6-15(12(11)2)18(21)13-7-8-16-14(9-13)10-17(20)19(16)3/h4-9H,10H2,1-3H3. The lowest BCUT2D eigenvalue weighted by atomic mass is 9.95. The first-order valence-electron chi connectivity index (χ1n) is 6.99. The predicted molar refractivity (Wildman–Crippen MR) is 82.9 cm³/mol. The second-order valence-corrected chi connectivity index (χ2v) is 5.55. The maximum absolute atomic E-state index is 12.7. The van der Waals surface area contributed by atoms with E-state index in [2.05, 4.69) is 0 Å². The first-order valence-corrected chi connectivity index (χ1v) is 6.99. The SMILES string of the molecule is Cc1cccc(C(=O)c2ccc3c(c2)CC(=O)N3C)c1C. The molecule has 0 N–H and O–H groups in total. The van der Waals surface area contributed by atoms with Crippen LogP contribution in [-0.2, 0) is 11.2 Å². The van der Waals surface area contributed by atoms with Crippen molar-refractivity contribution in [2.75, 3.05) is 11.9 Å². The van der Waals surface area contributed by atoms with Gasteiger partial charge in [0.15, 0.2) is 5.78 Å². The zero-order chi connectivity index (χ0) is 15.1. The Hall–Kier alpha value is -2.42. The summed E-state index contributed by atoms with van der Waals surface area (Å²) in [5.74, 6) is 0.0855. The van der Waals surface area contributed by atoms with Crippen molar-refractivity contribution in [3.8, 4) is 0 Å². The van der Waals surface area contributed by atoms with Gasteiger partial charge in [-0.3, -0.25) is 9.59 Å². The van der Waals surface area contributed by atoms with E-state index in [0.717, 1.165) is 27.9 Å². The summed E-state index contributed by atoms with van der Waals surface area (Å²) in [4.78, 5) is 26.0. The molecule has 3 nitrogen and oxygen atoms in total. The topological polar surface area (TPSA) is 37.4 Å². The number of carbonyl (C=O) groups excluding carboxylic acids is 2. The van der Waals surface area contributed by atoms with Crippen LogP contribution in [0.2, 0.25) is 0 Å². The Morgan fingerprint density at radius 2 is 1.90 bits per heavy atom. The summed E-state index contributed by atoms with van der Waals surface area (Å²) < 4.78 is 0. The number of anilines is 1. The third kappa shape index (κ3) is 2.15. The summed E-state index contributed by atoms with van der Waals surface area (Å²) in [6.45, 7) is 3.97. The van der Waals surface area contributed by atoms with Crippen LogP contribution < -0.4 is 4.90 Å². The van der Waals surface area contributed by atoms with Gasteiger partial charge in [-0.2, -0.15) is 0 Å². The molecule has 0 radical (unpaired) electrons. The Morgan fingerprint density at radius 3 is 2.67 bits per heavy atom.